The van der Waals surface area contributed by atoms with E-state index in [1.165, 1.54) is 26.9 Å². The number of hydrogen-bond acceptors (Lipinski definition) is 5. The summed E-state index contributed by atoms with van der Waals surface area (Å²) in [5, 5.41) is 14.7. The van der Waals surface area contributed by atoms with Crippen molar-refractivity contribution < 1.29 is 14.0 Å². The highest BCUT2D eigenvalue weighted by Gasteiger charge is 2.37. The molecule has 1 aromatic carbocycles. The quantitative estimate of drug-likeness (QED) is 0.688. The molecule has 1 N–H and O–H groups in total. The number of aromatic nitrogens is 5. The third-order valence-corrected chi connectivity index (χ3v) is 5.12. The average Bonchev–Trinajstić information content (AvgIpc) is 3.47. The lowest BCUT2D eigenvalue weighted by Crippen LogP contribution is -2.38. The summed E-state index contributed by atoms with van der Waals surface area (Å²) in [6.45, 7) is 0.249. The predicted molar refractivity (Wildman–Crippen MR) is 106 cm³/mol. The van der Waals surface area contributed by atoms with Crippen LogP contribution in [0, 0.1) is 0 Å². The van der Waals surface area contributed by atoms with Gasteiger partial charge in [-0.1, -0.05) is 35.5 Å². The van der Waals surface area contributed by atoms with Crippen LogP contribution in [-0.2, 0) is 6.54 Å². The second-order valence-corrected chi connectivity index (χ2v) is 7.49. The number of alkyl halides is 1. The van der Waals surface area contributed by atoms with Crippen LogP contribution in [0.1, 0.15) is 27.3 Å². The number of amides is 2. The normalized spacial score (nSPS) is 18.6. The fraction of sp³-hybridized carbons (Fsp3) is 0.350. The lowest BCUT2D eigenvalue weighted by Gasteiger charge is -2.24. The molecule has 30 heavy (non-hydrogen) atoms. The van der Waals surface area contributed by atoms with E-state index >= 15 is 0 Å². The molecule has 3 heterocycles. The SMILES string of the molecule is CN(C)C(=O)c1cn(C[C@@H]2C[C@H](F)CN2C(=O)c2cn[nH]c2-c2ccccc2)nn1. The van der Waals surface area contributed by atoms with Crippen LogP contribution < -0.4 is 0 Å². The number of H-pyrrole nitrogens is 1. The van der Waals surface area contributed by atoms with Gasteiger partial charge in [-0.15, -0.1) is 5.10 Å². The third-order valence-electron chi connectivity index (χ3n) is 5.12. The van der Waals surface area contributed by atoms with Crippen molar-refractivity contribution in [3.8, 4) is 11.3 Å². The van der Waals surface area contributed by atoms with Gasteiger partial charge in [-0.3, -0.25) is 14.7 Å². The number of aromatic amines is 1. The van der Waals surface area contributed by atoms with E-state index in [0.717, 1.165) is 5.56 Å². The molecule has 1 saturated heterocycles. The molecule has 0 spiro atoms. The number of hydrogen-bond donors (Lipinski definition) is 1. The van der Waals surface area contributed by atoms with Gasteiger partial charge >= 0.3 is 0 Å². The summed E-state index contributed by atoms with van der Waals surface area (Å²) < 4.78 is 15.7. The third kappa shape index (κ3) is 3.80. The van der Waals surface area contributed by atoms with Crippen LogP contribution in [0.3, 0.4) is 0 Å². The summed E-state index contributed by atoms with van der Waals surface area (Å²) >= 11 is 0. The van der Waals surface area contributed by atoms with Crippen molar-refractivity contribution in [2.75, 3.05) is 20.6 Å². The zero-order valence-corrected chi connectivity index (χ0v) is 16.7. The van der Waals surface area contributed by atoms with Gasteiger partial charge in [0.25, 0.3) is 11.8 Å². The molecule has 0 bridgehead atoms. The number of nitrogens with one attached hydrogen (secondary N) is 1. The maximum absolute atomic E-state index is 14.3. The first kappa shape index (κ1) is 19.7. The first-order valence-electron chi connectivity index (χ1n) is 9.59. The highest BCUT2D eigenvalue weighted by Crippen LogP contribution is 2.27. The largest absolute Gasteiger partial charge is 0.343 e. The van der Waals surface area contributed by atoms with Crippen LogP contribution in [0.2, 0.25) is 0 Å². The molecular weight excluding hydrogens is 389 g/mol. The Bertz CT molecular complexity index is 1050. The maximum Gasteiger partial charge on any atom is 0.275 e. The van der Waals surface area contributed by atoms with E-state index in [9.17, 15) is 14.0 Å². The molecule has 1 aliphatic heterocycles. The zero-order chi connectivity index (χ0) is 21.3. The molecule has 1 fully saturated rings. The van der Waals surface area contributed by atoms with Crippen molar-refractivity contribution in [2.45, 2.75) is 25.2 Å². The lowest BCUT2D eigenvalue weighted by molar-refractivity contribution is 0.0714. The summed E-state index contributed by atoms with van der Waals surface area (Å²) in [6, 6.07) is 8.98. The highest BCUT2D eigenvalue weighted by atomic mass is 19.1. The number of carbonyl (C=O) groups is 2. The monoisotopic (exact) mass is 411 g/mol. The van der Waals surface area contributed by atoms with Crippen molar-refractivity contribution in [1.29, 1.82) is 0 Å². The Kier molecular flexibility index (Phi) is 5.30. The number of nitrogens with zero attached hydrogens (tertiary/aromatic N) is 6. The summed E-state index contributed by atoms with van der Waals surface area (Å²) in [4.78, 5) is 28.2. The number of benzene rings is 1. The number of halogens is 1. The molecule has 2 aromatic heterocycles. The zero-order valence-electron chi connectivity index (χ0n) is 16.7. The molecule has 2 atom stereocenters. The van der Waals surface area contributed by atoms with Gasteiger partial charge in [-0.2, -0.15) is 5.10 Å². The second kappa shape index (κ2) is 8.05. The molecule has 1 aliphatic rings. The average molecular weight is 411 g/mol. The summed E-state index contributed by atoms with van der Waals surface area (Å²) in [6.07, 6.45) is 2.05. The molecule has 2 amide bonds. The summed E-state index contributed by atoms with van der Waals surface area (Å²) in [5.74, 6) is -0.563. The van der Waals surface area contributed by atoms with Crippen molar-refractivity contribution in [2.24, 2.45) is 0 Å². The van der Waals surface area contributed by atoms with Crippen LogP contribution in [0.15, 0.2) is 42.7 Å². The Hall–Kier alpha value is -3.56. The van der Waals surface area contributed by atoms with Crippen molar-refractivity contribution in [1.82, 2.24) is 35.0 Å². The lowest BCUT2D eigenvalue weighted by atomic mass is 10.1. The first-order chi connectivity index (χ1) is 14.4. The van der Waals surface area contributed by atoms with Gasteiger partial charge in [-0.05, 0) is 0 Å². The number of likely N-dealkylation sites (tertiary alicyclic amines) is 1. The minimum absolute atomic E-state index is 0.00108. The Labute approximate surface area is 172 Å². The molecule has 0 saturated carbocycles. The van der Waals surface area contributed by atoms with Gasteiger partial charge in [-0.25, -0.2) is 9.07 Å². The molecule has 0 aliphatic carbocycles. The Balaban J connectivity index is 1.55. The maximum atomic E-state index is 14.3. The van der Waals surface area contributed by atoms with Crippen LogP contribution in [0.4, 0.5) is 4.39 Å². The highest BCUT2D eigenvalue weighted by molar-refractivity contribution is 6.00. The summed E-state index contributed by atoms with van der Waals surface area (Å²) in [5.41, 5.74) is 2.02. The van der Waals surface area contributed by atoms with E-state index in [-0.39, 0.29) is 37.0 Å². The molecule has 0 unspecified atom stereocenters. The second-order valence-electron chi connectivity index (χ2n) is 7.49. The minimum Gasteiger partial charge on any atom is -0.343 e. The fourth-order valence-corrected chi connectivity index (χ4v) is 3.64. The van der Waals surface area contributed by atoms with E-state index in [1.54, 1.807) is 14.1 Å². The van der Waals surface area contributed by atoms with Crippen molar-refractivity contribution >= 4 is 11.8 Å². The van der Waals surface area contributed by atoms with Crippen LogP contribution >= 0.6 is 0 Å². The van der Waals surface area contributed by atoms with Gasteiger partial charge in [0.2, 0.25) is 0 Å². The number of rotatable bonds is 5. The van der Waals surface area contributed by atoms with Crippen LogP contribution in [0.5, 0.6) is 0 Å². The first-order valence-corrected chi connectivity index (χ1v) is 9.59. The van der Waals surface area contributed by atoms with Crippen molar-refractivity contribution in [3.63, 3.8) is 0 Å². The van der Waals surface area contributed by atoms with E-state index in [1.807, 2.05) is 30.3 Å². The van der Waals surface area contributed by atoms with Gasteiger partial charge in [0.1, 0.15) is 6.17 Å². The van der Waals surface area contributed by atoms with E-state index in [0.29, 0.717) is 11.3 Å². The van der Waals surface area contributed by atoms with E-state index in [2.05, 4.69) is 20.5 Å². The Morgan fingerprint density at radius 2 is 2.03 bits per heavy atom. The molecule has 4 rings (SSSR count). The standard InChI is InChI=1S/C20H22FN7O2/c1-26(2)20(30)17-12-27(25-23-17)11-15-8-14(21)10-28(15)19(29)16-9-22-24-18(16)13-6-4-3-5-7-13/h3-7,9,12,14-15H,8,10-11H2,1-2H3,(H,22,24)/t14-,15-/m0/s1. The van der Waals surface area contributed by atoms with Crippen molar-refractivity contribution in [3.05, 3.63) is 54.0 Å². The van der Waals surface area contributed by atoms with E-state index in [4.69, 9.17) is 0 Å². The molecule has 3 aromatic rings. The van der Waals surface area contributed by atoms with Gasteiger partial charge in [0, 0.05) is 26.1 Å². The smallest absolute Gasteiger partial charge is 0.275 e. The number of carbonyl (C=O) groups excluding carboxylic acids is 2. The van der Waals surface area contributed by atoms with Gasteiger partial charge < -0.3 is 9.80 Å². The summed E-state index contributed by atoms with van der Waals surface area (Å²) in [7, 11) is 3.25. The van der Waals surface area contributed by atoms with Crippen LogP contribution in [0.25, 0.3) is 11.3 Å². The molecule has 9 nitrogen and oxygen atoms in total. The minimum atomic E-state index is -1.13. The van der Waals surface area contributed by atoms with E-state index < -0.39 is 12.2 Å². The van der Waals surface area contributed by atoms with Gasteiger partial charge in [0.05, 0.1) is 42.8 Å². The molecule has 156 valence electrons. The molecular formula is C20H22FN7O2. The Morgan fingerprint density at radius 1 is 1.27 bits per heavy atom. The molecule has 10 heteroatoms. The fourth-order valence-electron chi connectivity index (χ4n) is 3.64. The predicted octanol–water partition coefficient (Wildman–Crippen LogP) is 1.62. The van der Waals surface area contributed by atoms with Crippen LogP contribution in [-0.4, -0.2) is 79.7 Å². The van der Waals surface area contributed by atoms with Gasteiger partial charge in [0.15, 0.2) is 5.69 Å². The molecule has 0 radical (unpaired) electrons. The Morgan fingerprint density at radius 3 is 2.77 bits per heavy atom. The topological polar surface area (TPSA) is 100 Å².